The Morgan fingerprint density at radius 1 is 1.29 bits per heavy atom. The van der Waals surface area contributed by atoms with E-state index in [4.69, 9.17) is 10.1 Å². The van der Waals surface area contributed by atoms with Crippen molar-refractivity contribution in [2.24, 2.45) is 0 Å². The normalized spacial score (nSPS) is 16.6. The topological polar surface area (TPSA) is 68.9 Å². The van der Waals surface area contributed by atoms with Crippen LogP contribution >= 0.6 is 0 Å². The van der Waals surface area contributed by atoms with Crippen molar-refractivity contribution in [1.29, 1.82) is 0 Å². The zero-order valence-corrected chi connectivity index (χ0v) is 12.4. The van der Waals surface area contributed by atoms with Gasteiger partial charge in [-0.2, -0.15) is 0 Å². The third kappa shape index (κ3) is 2.93. The van der Waals surface area contributed by atoms with Crippen molar-refractivity contribution < 1.29 is 5.11 Å². The van der Waals surface area contributed by atoms with E-state index in [1.165, 1.54) is 0 Å². The lowest BCUT2D eigenvalue weighted by Crippen LogP contribution is -2.47. The molecule has 2 aromatic rings. The molecule has 0 radical (unpaired) electrons. The molecular weight excluding hydrogens is 268 g/mol. The molecule has 0 aromatic carbocycles. The maximum absolute atomic E-state index is 9.02. The van der Waals surface area contributed by atoms with Gasteiger partial charge >= 0.3 is 0 Å². The van der Waals surface area contributed by atoms with Crippen LogP contribution in [0.2, 0.25) is 0 Å². The average Bonchev–Trinajstić information content (AvgIpc) is 2.96. The molecule has 2 aromatic heterocycles. The number of imidazole rings is 1. The summed E-state index contributed by atoms with van der Waals surface area (Å²) in [5.41, 5.74) is 0.896. The van der Waals surface area contributed by atoms with Crippen LogP contribution in [-0.4, -0.2) is 70.3 Å². The number of nitrogens with zero attached hydrogens (tertiary/aromatic N) is 5. The SMILES string of the molecule is CCNc1cn2ccnc2c(N2CCN(CCO)CC2)n1. The zero-order chi connectivity index (χ0) is 14.7. The summed E-state index contributed by atoms with van der Waals surface area (Å²) in [6.07, 6.45) is 5.72. The first kappa shape index (κ1) is 14.1. The van der Waals surface area contributed by atoms with E-state index in [2.05, 4.69) is 27.0 Å². The van der Waals surface area contributed by atoms with Gasteiger partial charge in [-0.25, -0.2) is 9.97 Å². The maximum Gasteiger partial charge on any atom is 0.180 e. The number of fused-ring (bicyclic) bond motifs is 1. The molecule has 2 N–H and O–H groups in total. The van der Waals surface area contributed by atoms with Crippen molar-refractivity contribution in [2.75, 3.05) is 56.1 Å². The lowest BCUT2D eigenvalue weighted by Gasteiger charge is -2.35. The summed E-state index contributed by atoms with van der Waals surface area (Å²) in [6.45, 7) is 7.58. The number of aliphatic hydroxyl groups is 1. The Bertz CT molecular complexity index is 590. The van der Waals surface area contributed by atoms with Crippen LogP contribution in [0.1, 0.15) is 6.92 Å². The highest BCUT2D eigenvalue weighted by atomic mass is 16.3. The first-order valence-electron chi connectivity index (χ1n) is 7.47. The molecule has 114 valence electrons. The van der Waals surface area contributed by atoms with E-state index < -0.39 is 0 Å². The van der Waals surface area contributed by atoms with Crippen LogP contribution in [0.5, 0.6) is 0 Å². The molecule has 0 aliphatic carbocycles. The van der Waals surface area contributed by atoms with Gasteiger partial charge in [-0.05, 0) is 6.92 Å². The van der Waals surface area contributed by atoms with Gasteiger partial charge in [0, 0.05) is 51.7 Å². The quantitative estimate of drug-likeness (QED) is 0.824. The van der Waals surface area contributed by atoms with E-state index in [9.17, 15) is 0 Å². The molecule has 7 nitrogen and oxygen atoms in total. The van der Waals surface area contributed by atoms with E-state index in [-0.39, 0.29) is 6.61 Å². The highest BCUT2D eigenvalue weighted by Gasteiger charge is 2.20. The van der Waals surface area contributed by atoms with Crippen LogP contribution in [0.15, 0.2) is 18.6 Å². The molecule has 1 aliphatic rings. The highest BCUT2D eigenvalue weighted by molar-refractivity contribution is 5.67. The minimum absolute atomic E-state index is 0.221. The fraction of sp³-hybridized carbons (Fsp3) is 0.571. The highest BCUT2D eigenvalue weighted by Crippen LogP contribution is 2.21. The van der Waals surface area contributed by atoms with Gasteiger partial charge < -0.3 is 19.7 Å². The summed E-state index contributed by atoms with van der Waals surface area (Å²) in [5.74, 6) is 1.80. The lowest BCUT2D eigenvalue weighted by molar-refractivity contribution is 0.188. The van der Waals surface area contributed by atoms with Crippen molar-refractivity contribution in [3.8, 4) is 0 Å². The Morgan fingerprint density at radius 3 is 2.81 bits per heavy atom. The van der Waals surface area contributed by atoms with Crippen molar-refractivity contribution in [1.82, 2.24) is 19.3 Å². The Labute approximate surface area is 124 Å². The summed E-state index contributed by atoms with van der Waals surface area (Å²) >= 11 is 0. The standard InChI is InChI=1S/C14H22N6O/c1-2-15-12-11-20-4-3-16-13(20)14(17-12)19-7-5-18(6-8-19)9-10-21/h3-4,11,15,21H,2,5-10H2,1H3. The van der Waals surface area contributed by atoms with Crippen LogP contribution in [-0.2, 0) is 0 Å². The maximum atomic E-state index is 9.02. The number of aliphatic hydroxyl groups excluding tert-OH is 1. The average molecular weight is 290 g/mol. The number of piperazine rings is 1. The smallest absolute Gasteiger partial charge is 0.180 e. The lowest BCUT2D eigenvalue weighted by atomic mass is 10.3. The number of aromatic nitrogens is 3. The summed E-state index contributed by atoms with van der Waals surface area (Å²) in [5, 5.41) is 12.3. The van der Waals surface area contributed by atoms with E-state index in [0.29, 0.717) is 0 Å². The van der Waals surface area contributed by atoms with E-state index in [1.807, 2.05) is 16.8 Å². The molecule has 3 rings (SSSR count). The predicted molar refractivity (Wildman–Crippen MR) is 82.9 cm³/mol. The van der Waals surface area contributed by atoms with Crippen LogP contribution < -0.4 is 10.2 Å². The Balaban J connectivity index is 1.84. The summed E-state index contributed by atoms with van der Waals surface area (Å²) in [6, 6.07) is 0. The number of anilines is 2. The third-order valence-electron chi connectivity index (χ3n) is 3.80. The Morgan fingerprint density at radius 2 is 2.10 bits per heavy atom. The zero-order valence-electron chi connectivity index (χ0n) is 12.4. The third-order valence-corrected chi connectivity index (χ3v) is 3.80. The number of nitrogens with one attached hydrogen (secondary N) is 1. The van der Waals surface area contributed by atoms with Crippen LogP contribution in [0.25, 0.3) is 5.65 Å². The Kier molecular flexibility index (Phi) is 4.21. The molecule has 3 heterocycles. The number of hydrogen-bond acceptors (Lipinski definition) is 6. The molecular formula is C14H22N6O. The van der Waals surface area contributed by atoms with Crippen molar-refractivity contribution in [2.45, 2.75) is 6.92 Å². The molecule has 1 saturated heterocycles. The largest absolute Gasteiger partial charge is 0.395 e. The minimum Gasteiger partial charge on any atom is -0.395 e. The van der Waals surface area contributed by atoms with Gasteiger partial charge in [0.2, 0.25) is 0 Å². The van der Waals surface area contributed by atoms with Gasteiger partial charge in [-0.1, -0.05) is 0 Å². The van der Waals surface area contributed by atoms with E-state index in [0.717, 1.165) is 56.6 Å². The molecule has 1 fully saturated rings. The summed E-state index contributed by atoms with van der Waals surface area (Å²) in [7, 11) is 0. The first-order chi connectivity index (χ1) is 10.3. The number of β-amino-alcohol motifs (C(OH)–C–C–N with tert-alkyl or cyclic N) is 1. The fourth-order valence-corrected chi connectivity index (χ4v) is 2.72. The Hall–Kier alpha value is -1.86. The van der Waals surface area contributed by atoms with Gasteiger partial charge in [-0.15, -0.1) is 0 Å². The minimum atomic E-state index is 0.221. The first-order valence-corrected chi connectivity index (χ1v) is 7.47. The number of hydrogen-bond donors (Lipinski definition) is 2. The van der Waals surface area contributed by atoms with Crippen LogP contribution in [0, 0.1) is 0 Å². The van der Waals surface area contributed by atoms with Gasteiger partial charge in [-0.3, -0.25) is 4.90 Å². The van der Waals surface area contributed by atoms with Crippen LogP contribution in [0.3, 0.4) is 0 Å². The van der Waals surface area contributed by atoms with Crippen molar-refractivity contribution in [3.05, 3.63) is 18.6 Å². The molecule has 1 aliphatic heterocycles. The number of rotatable bonds is 5. The van der Waals surface area contributed by atoms with Gasteiger partial charge in [0.25, 0.3) is 0 Å². The molecule has 0 amide bonds. The van der Waals surface area contributed by atoms with Gasteiger partial charge in [0.1, 0.15) is 5.82 Å². The van der Waals surface area contributed by atoms with Crippen molar-refractivity contribution >= 4 is 17.3 Å². The molecule has 0 atom stereocenters. The fourth-order valence-electron chi connectivity index (χ4n) is 2.72. The van der Waals surface area contributed by atoms with E-state index in [1.54, 1.807) is 6.20 Å². The molecule has 21 heavy (non-hydrogen) atoms. The van der Waals surface area contributed by atoms with E-state index >= 15 is 0 Å². The van der Waals surface area contributed by atoms with Crippen LogP contribution in [0.4, 0.5) is 11.6 Å². The summed E-state index contributed by atoms with van der Waals surface area (Å²) < 4.78 is 2.01. The molecule has 0 saturated carbocycles. The van der Waals surface area contributed by atoms with Gasteiger partial charge in [0.05, 0.1) is 12.8 Å². The second-order valence-corrected chi connectivity index (χ2v) is 5.19. The molecule has 0 bridgehead atoms. The van der Waals surface area contributed by atoms with Crippen molar-refractivity contribution in [3.63, 3.8) is 0 Å². The molecule has 7 heteroatoms. The second-order valence-electron chi connectivity index (χ2n) is 5.19. The predicted octanol–water partition coefficient (Wildman–Crippen LogP) is 0.275. The second kappa shape index (κ2) is 6.28. The molecule has 0 spiro atoms. The molecule has 0 unspecified atom stereocenters. The monoisotopic (exact) mass is 290 g/mol. The summed E-state index contributed by atoms with van der Waals surface area (Å²) in [4.78, 5) is 13.7. The van der Waals surface area contributed by atoms with Gasteiger partial charge in [0.15, 0.2) is 11.5 Å².